The van der Waals surface area contributed by atoms with Crippen LogP contribution in [0.15, 0.2) is 48.8 Å². The van der Waals surface area contributed by atoms with E-state index < -0.39 is 0 Å². The Morgan fingerprint density at radius 3 is 2.69 bits per heavy atom. The topological polar surface area (TPSA) is 89.0 Å². The minimum Gasteiger partial charge on any atom is -0.485 e. The molecule has 0 atom stereocenters. The van der Waals surface area contributed by atoms with E-state index in [1.54, 1.807) is 9.42 Å². The van der Waals surface area contributed by atoms with Crippen LogP contribution in [-0.2, 0) is 6.61 Å². The first-order valence-corrected chi connectivity index (χ1v) is 8.51. The van der Waals surface area contributed by atoms with Crippen LogP contribution < -0.4 is 15.4 Å². The number of carbonyl (C=O) groups is 1. The van der Waals surface area contributed by atoms with Crippen LogP contribution in [0, 0.1) is 0 Å². The van der Waals surface area contributed by atoms with Crippen molar-refractivity contribution in [3.05, 3.63) is 54.5 Å². The van der Waals surface area contributed by atoms with E-state index in [4.69, 9.17) is 10.5 Å². The fourth-order valence-corrected chi connectivity index (χ4v) is 3.17. The third-order valence-corrected chi connectivity index (χ3v) is 4.55. The van der Waals surface area contributed by atoms with E-state index in [9.17, 15) is 4.79 Å². The first-order chi connectivity index (χ1) is 12.7. The Bertz CT molecular complexity index is 917. The van der Waals surface area contributed by atoms with Gasteiger partial charge in [-0.15, -0.1) is 0 Å². The zero-order valence-corrected chi connectivity index (χ0v) is 14.3. The highest BCUT2D eigenvalue weighted by molar-refractivity contribution is 5.72. The van der Waals surface area contributed by atoms with Crippen molar-refractivity contribution >= 4 is 17.4 Å². The van der Waals surface area contributed by atoms with Crippen LogP contribution in [0.3, 0.4) is 0 Å². The van der Waals surface area contributed by atoms with Gasteiger partial charge in [0, 0.05) is 26.2 Å². The molecule has 26 heavy (non-hydrogen) atoms. The molecule has 8 nitrogen and oxygen atoms in total. The number of nitrogens with two attached hydrogens (primary N) is 1. The number of nitrogens with zero attached hydrogens (tertiary/aromatic N) is 5. The molecule has 0 unspecified atom stereocenters. The number of hydrogen-bond acceptors (Lipinski definition) is 5. The fraction of sp³-hybridized carbons (Fsp3) is 0.278. The number of primary amides is 1. The van der Waals surface area contributed by atoms with E-state index in [-0.39, 0.29) is 6.03 Å². The number of rotatable bonds is 4. The van der Waals surface area contributed by atoms with Crippen molar-refractivity contribution < 1.29 is 9.53 Å². The van der Waals surface area contributed by atoms with Gasteiger partial charge in [-0.3, -0.25) is 0 Å². The van der Waals surface area contributed by atoms with Crippen LogP contribution in [0.25, 0.3) is 5.65 Å². The zero-order chi connectivity index (χ0) is 17.9. The van der Waals surface area contributed by atoms with Gasteiger partial charge in [0.05, 0.1) is 11.4 Å². The average molecular weight is 352 g/mol. The van der Waals surface area contributed by atoms with E-state index in [0.29, 0.717) is 19.7 Å². The summed E-state index contributed by atoms with van der Waals surface area (Å²) in [5.74, 6) is 0.803. The monoisotopic (exact) mass is 352 g/mol. The third kappa shape index (κ3) is 3.13. The SMILES string of the molecule is NC(=O)N1CCN(c2ccccc2OCc2cccc3ncnn23)CC1. The molecule has 8 heteroatoms. The maximum Gasteiger partial charge on any atom is 0.314 e. The molecule has 2 aromatic heterocycles. The van der Waals surface area contributed by atoms with E-state index in [1.807, 2.05) is 42.5 Å². The highest BCUT2D eigenvalue weighted by Crippen LogP contribution is 2.29. The number of ether oxygens (including phenoxy) is 1. The second kappa shape index (κ2) is 6.91. The van der Waals surface area contributed by atoms with Crippen molar-refractivity contribution in [3.8, 4) is 5.75 Å². The summed E-state index contributed by atoms with van der Waals surface area (Å²) < 4.78 is 7.86. The second-order valence-corrected chi connectivity index (χ2v) is 6.12. The highest BCUT2D eigenvalue weighted by atomic mass is 16.5. The Kier molecular flexibility index (Phi) is 4.30. The van der Waals surface area contributed by atoms with Crippen molar-refractivity contribution in [2.24, 2.45) is 5.73 Å². The lowest BCUT2D eigenvalue weighted by Crippen LogP contribution is -2.50. The number of carbonyl (C=O) groups excluding carboxylic acids is 1. The average Bonchev–Trinajstić information content (AvgIpc) is 3.16. The molecule has 3 heterocycles. The summed E-state index contributed by atoms with van der Waals surface area (Å²) >= 11 is 0. The fourth-order valence-electron chi connectivity index (χ4n) is 3.17. The quantitative estimate of drug-likeness (QED) is 0.769. The molecule has 0 aliphatic carbocycles. The van der Waals surface area contributed by atoms with Gasteiger partial charge >= 0.3 is 6.03 Å². The number of urea groups is 1. The van der Waals surface area contributed by atoms with Gasteiger partial charge in [0.25, 0.3) is 0 Å². The van der Waals surface area contributed by atoms with Gasteiger partial charge in [-0.05, 0) is 24.3 Å². The molecule has 1 aromatic carbocycles. The molecule has 1 aliphatic heterocycles. The first kappa shape index (κ1) is 16.2. The summed E-state index contributed by atoms with van der Waals surface area (Å²) in [6, 6.07) is 13.4. The van der Waals surface area contributed by atoms with Crippen LogP contribution >= 0.6 is 0 Å². The molecule has 1 fully saturated rings. The van der Waals surface area contributed by atoms with Crippen molar-refractivity contribution in [1.29, 1.82) is 0 Å². The van der Waals surface area contributed by atoms with Gasteiger partial charge in [-0.2, -0.15) is 5.10 Å². The standard InChI is InChI=1S/C18H20N6O2/c19-18(25)23-10-8-22(9-11-23)15-5-1-2-6-16(15)26-12-14-4-3-7-17-20-13-21-24(14)17/h1-7,13H,8-12H2,(H2,19,25). The number of amides is 2. The number of fused-ring (bicyclic) bond motifs is 1. The Morgan fingerprint density at radius 2 is 1.88 bits per heavy atom. The summed E-state index contributed by atoms with van der Waals surface area (Å²) in [7, 11) is 0. The van der Waals surface area contributed by atoms with Gasteiger partial charge in [0.1, 0.15) is 18.7 Å². The van der Waals surface area contributed by atoms with Crippen LogP contribution in [0.4, 0.5) is 10.5 Å². The molecule has 1 aliphatic rings. The molecule has 2 N–H and O–H groups in total. The summed E-state index contributed by atoms with van der Waals surface area (Å²) in [6.07, 6.45) is 1.53. The minimum atomic E-state index is -0.366. The lowest BCUT2D eigenvalue weighted by atomic mass is 10.2. The van der Waals surface area contributed by atoms with Gasteiger partial charge in [-0.25, -0.2) is 14.3 Å². The molecule has 0 bridgehead atoms. The Hall–Kier alpha value is -3.29. The lowest BCUT2D eigenvalue weighted by molar-refractivity contribution is 0.204. The molecule has 4 rings (SSSR count). The third-order valence-electron chi connectivity index (χ3n) is 4.55. The Balaban J connectivity index is 1.50. The molecule has 3 aromatic rings. The van der Waals surface area contributed by atoms with E-state index in [2.05, 4.69) is 15.0 Å². The summed E-state index contributed by atoms with van der Waals surface area (Å²) in [5.41, 5.74) is 8.09. The molecule has 0 radical (unpaired) electrons. The number of para-hydroxylation sites is 2. The predicted octanol–water partition coefficient (Wildman–Crippen LogP) is 1.51. The van der Waals surface area contributed by atoms with Gasteiger partial charge in [-0.1, -0.05) is 18.2 Å². The minimum absolute atomic E-state index is 0.366. The number of anilines is 1. The molecular weight excluding hydrogens is 332 g/mol. The van der Waals surface area contributed by atoms with E-state index in [0.717, 1.165) is 35.9 Å². The molecule has 0 saturated carbocycles. The summed E-state index contributed by atoms with van der Waals surface area (Å²) in [5, 5.41) is 4.23. The molecule has 1 saturated heterocycles. The number of benzene rings is 1. The Morgan fingerprint density at radius 1 is 1.08 bits per heavy atom. The smallest absolute Gasteiger partial charge is 0.314 e. The molecular formula is C18H20N6O2. The maximum atomic E-state index is 11.3. The first-order valence-electron chi connectivity index (χ1n) is 8.51. The van der Waals surface area contributed by atoms with Crippen molar-refractivity contribution in [2.75, 3.05) is 31.1 Å². The van der Waals surface area contributed by atoms with Crippen molar-refractivity contribution in [3.63, 3.8) is 0 Å². The van der Waals surface area contributed by atoms with Crippen LogP contribution in [-0.4, -0.2) is 51.7 Å². The second-order valence-electron chi connectivity index (χ2n) is 6.12. The Labute approximate surface area is 150 Å². The van der Waals surface area contributed by atoms with Crippen molar-refractivity contribution in [2.45, 2.75) is 6.61 Å². The maximum absolute atomic E-state index is 11.3. The lowest BCUT2D eigenvalue weighted by Gasteiger charge is -2.35. The number of aromatic nitrogens is 3. The predicted molar refractivity (Wildman–Crippen MR) is 97.1 cm³/mol. The highest BCUT2D eigenvalue weighted by Gasteiger charge is 2.21. The van der Waals surface area contributed by atoms with Crippen molar-refractivity contribution in [1.82, 2.24) is 19.5 Å². The van der Waals surface area contributed by atoms with E-state index in [1.165, 1.54) is 6.33 Å². The van der Waals surface area contributed by atoms with Gasteiger partial charge < -0.3 is 20.3 Å². The number of piperazine rings is 1. The largest absolute Gasteiger partial charge is 0.485 e. The normalized spacial score (nSPS) is 14.6. The zero-order valence-electron chi connectivity index (χ0n) is 14.3. The number of hydrogen-bond donors (Lipinski definition) is 1. The summed E-state index contributed by atoms with van der Waals surface area (Å²) in [6.45, 7) is 3.06. The van der Waals surface area contributed by atoms with Gasteiger partial charge in [0.2, 0.25) is 0 Å². The molecule has 2 amide bonds. The van der Waals surface area contributed by atoms with Crippen LogP contribution in [0.5, 0.6) is 5.75 Å². The molecule has 134 valence electrons. The summed E-state index contributed by atoms with van der Waals surface area (Å²) in [4.78, 5) is 19.4. The van der Waals surface area contributed by atoms with Gasteiger partial charge in [0.15, 0.2) is 5.65 Å². The van der Waals surface area contributed by atoms with Crippen LogP contribution in [0.1, 0.15) is 5.69 Å². The van der Waals surface area contributed by atoms with Crippen LogP contribution in [0.2, 0.25) is 0 Å². The molecule has 0 spiro atoms. The van der Waals surface area contributed by atoms with E-state index >= 15 is 0 Å². The number of pyridine rings is 1.